The van der Waals surface area contributed by atoms with Crippen LogP contribution in [-0.2, 0) is 6.61 Å². The number of aromatic nitrogens is 2. The Labute approximate surface area is 156 Å². The van der Waals surface area contributed by atoms with Gasteiger partial charge in [-0.05, 0) is 23.3 Å². The maximum atomic E-state index is 5.94. The molecule has 0 aliphatic heterocycles. The summed E-state index contributed by atoms with van der Waals surface area (Å²) in [6.45, 7) is 0.494. The molecule has 0 spiro atoms. The Morgan fingerprint density at radius 3 is 2.42 bits per heavy atom. The summed E-state index contributed by atoms with van der Waals surface area (Å²) >= 11 is 1.59. The predicted octanol–water partition coefficient (Wildman–Crippen LogP) is 5.53. The molecule has 0 saturated carbocycles. The predicted molar refractivity (Wildman–Crippen MR) is 106 cm³/mol. The number of hydrogen-bond acceptors (Lipinski definition) is 5. The molecular weight excluding hydrogens is 342 g/mol. The van der Waals surface area contributed by atoms with E-state index in [-0.39, 0.29) is 0 Å². The molecule has 2 heterocycles. The van der Waals surface area contributed by atoms with E-state index in [0.717, 1.165) is 21.1 Å². The van der Waals surface area contributed by atoms with Crippen LogP contribution in [0.25, 0.3) is 10.4 Å². The summed E-state index contributed by atoms with van der Waals surface area (Å²) in [6, 6.07) is 24.1. The van der Waals surface area contributed by atoms with E-state index >= 15 is 0 Å². The zero-order valence-electron chi connectivity index (χ0n) is 14.0. The van der Waals surface area contributed by atoms with Gasteiger partial charge in [-0.25, -0.2) is 9.97 Å². The van der Waals surface area contributed by atoms with Crippen LogP contribution in [0, 0.1) is 0 Å². The molecule has 128 valence electrons. The van der Waals surface area contributed by atoms with E-state index in [2.05, 4.69) is 27.4 Å². The third-order valence-corrected chi connectivity index (χ3v) is 4.76. The van der Waals surface area contributed by atoms with Crippen LogP contribution in [-0.4, -0.2) is 9.97 Å². The molecule has 0 aliphatic rings. The monoisotopic (exact) mass is 359 g/mol. The van der Waals surface area contributed by atoms with Crippen molar-refractivity contribution in [1.82, 2.24) is 9.97 Å². The number of pyridine rings is 1. The number of nitrogens with one attached hydrogen (secondary N) is 1. The SMILES string of the molecule is c1ccc(COc2cccnc2Nc2ncc(-c3ccccc3)s2)cc1. The lowest BCUT2D eigenvalue weighted by Crippen LogP contribution is -2.00. The highest BCUT2D eigenvalue weighted by Gasteiger charge is 2.09. The van der Waals surface area contributed by atoms with Crippen LogP contribution in [0.15, 0.2) is 85.2 Å². The third kappa shape index (κ3) is 3.90. The molecule has 0 fully saturated rings. The summed E-state index contributed by atoms with van der Waals surface area (Å²) in [5.74, 6) is 1.37. The van der Waals surface area contributed by atoms with Crippen LogP contribution in [0.2, 0.25) is 0 Å². The average molecular weight is 359 g/mol. The van der Waals surface area contributed by atoms with E-state index in [9.17, 15) is 0 Å². The van der Waals surface area contributed by atoms with E-state index in [1.165, 1.54) is 0 Å². The third-order valence-electron chi connectivity index (χ3n) is 3.80. The second kappa shape index (κ2) is 7.80. The lowest BCUT2D eigenvalue weighted by Gasteiger charge is -2.10. The molecule has 0 bridgehead atoms. The van der Waals surface area contributed by atoms with E-state index in [0.29, 0.717) is 18.2 Å². The van der Waals surface area contributed by atoms with Crippen molar-refractivity contribution in [2.45, 2.75) is 6.61 Å². The maximum absolute atomic E-state index is 5.94. The summed E-state index contributed by atoms with van der Waals surface area (Å²) in [4.78, 5) is 9.97. The zero-order valence-corrected chi connectivity index (χ0v) is 14.8. The summed E-state index contributed by atoms with van der Waals surface area (Å²) < 4.78 is 5.94. The number of benzene rings is 2. The van der Waals surface area contributed by atoms with Crippen LogP contribution in [0.1, 0.15) is 5.56 Å². The minimum Gasteiger partial charge on any atom is -0.485 e. The average Bonchev–Trinajstić information content (AvgIpc) is 3.17. The van der Waals surface area contributed by atoms with E-state index < -0.39 is 0 Å². The van der Waals surface area contributed by atoms with Gasteiger partial charge >= 0.3 is 0 Å². The van der Waals surface area contributed by atoms with Crippen molar-refractivity contribution in [3.05, 3.63) is 90.8 Å². The van der Waals surface area contributed by atoms with Gasteiger partial charge in [0.1, 0.15) is 6.61 Å². The Balaban J connectivity index is 1.49. The van der Waals surface area contributed by atoms with E-state index in [4.69, 9.17) is 4.74 Å². The Kier molecular flexibility index (Phi) is 4.89. The van der Waals surface area contributed by atoms with Gasteiger partial charge in [-0.3, -0.25) is 0 Å². The molecule has 0 amide bonds. The van der Waals surface area contributed by atoms with Crippen LogP contribution in [0.3, 0.4) is 0 Å². The van der Waals surface area contributed by atoms with Gasteiger partial charge in [0.2, 0.25) is 0 Å². The highest BCUT2D eigenvalue weighted by molar-refractivity contribution is 7.18. The first-order chi connectivity index (χ1) is 12.9. The molecular formula is C21H17N3OS. The Morgan fingerprint density at radius 2 is 1.62 bits per heavy atom. The fourth-order valence-corrected chi connectivity index (χ4v) is 3.33. The van der Waals surface area contributed by atoms with Crippen molar-refractivity contribution in [1.29, 1.82) is 0 Å². The molecule has 0 unspecified atom stereocenters. The molecule has 0 aliphatic carbocycles. The molecule has 1 N–H and O–H groups in total. The van der Waals surface area contributed by atoms with E-state index in [1.54, 1.807) is 17.5 Å². The van der Waals surface area contributed by atoms with Gasteiger partial charge in [0.15, 0.2) is 16.7 Å². The zero-order chi connectivity index (χ0) is 17.6. The number of anilines is 2. The minimum absolute atomic E-state index is 0.494. The number of rotatable bonds is 6. The fourth-order valence-electron chi connectivity index (χ4n) is 2.51. The van der Waals surface area contributed by atoms with Gasteiger partial charge in [-0.1, -0.05) is 72.0 Å². The molecule has 5 heteroatoms. The maximum Gasteiger partial charge on any atom is 0.188 e. The lowest BCUT2D eigenvalue weighted by atomic mass is 10.2. The first kappa shape index (κ1) is 16.3. The Morgan fingerprint density at radius 1 is 0.846 bits per heavy atom. The largest absolute Gasteiger partial charge is 0.485 e. The summed E-state index contributed by atoms with van der Waals surface area (Å²) in [5, 5.41) is 4.05. The van der Waals surface area contributed by atoms with Gasteiger partial charge in [-0.2, -0.15) is 0 Å². The van der Waals surface area contributed by atoms with Gasteiger partial charge in [-0.15, -0.1) is 0 Å². The molecule has 2 aromatic carbocycles. The smallest absolute Gasteiger partial charge is 0.188 e. The molecule has 4 rings (SSSR count). The Hall–Kier alpha value is -3.18. The Bertz CT molecular complexity index is 971. The molecule has 4 aromatic rings. The molecule has 26 heavy (non-hydrogen) atoms. The van der Waals surface area contributed by atoms with Crippen LogP contribution < -0.4 is 10.1 Å². The van der Waals surface area contributed by atoms with Crippen molar-refractivity contribution in [2.75, 3.05) is 5.32 Å². The van der Waals surface area contributed by atoms with Gasteiger partial charge in [0.25, 0.3) is 0 Å². The standard InChI is InChI=1S/C21H17N3OS/c1-3-8-16(9-4-1)15-25-18-12-7-13-22-20(18)24-21-23-14-19(26-21)17-10-5-2-6-11-17/h1-14H,15H2,(H,22,23,24). The van der Waals surface area contributed by atoms with Crippen LogP contribution in [0.5, 0.6) is 5.75 Å². The van der Waals surface area contributed by atoms with E-state index in [1.807, 2.05) is 66.9 Å². The highest BCUT2D eigenvalue weighted by Crippen LogP contribution is 2.32. The van der Waals surface area contributed by atoms with Gasteiger partial charge < -0.3 is 10.1 Å². The minimum atomic E-state index is 0.494. The second-order valence-electron chi connectivity index (χ2n) is 5.65. The van der Waals surface area contributed by atoms with Crippen molar-refractivity contribution in [3.8, 4) is 16.2 Å². The van der Waals surface area contributed by atoms with Crippen molar-refractivity contribution in [3.63, 3.8) is 0 Å². The molecule has 2 aromatic heterocycles. The lowest BCUT2D eigenvalue weighted by molar-refractivity contribution is 0.307. The summed E-state index contributed by atoms with van der Waals surface area (Å²) in [5.41, 5.74) is 2.27. The summed E-state index contributed by atoms with van der Waals surface area (Å²) in [6.07, 6.45) is 3.61. The first-order valence-corrected chi connectivity index (χ1v) is 9.10. The normalized spacial score (nSPS) is 10.5. The molecule has 0 saturated heterocycles. The second-order valence-corrected chi connectivity index (χ2v) is 6.68. The topological polar surface area (TPSA) is 47.0 Å². The molecule has 0 radical (unpaired) electrons. The summed E-state index contributed by atoms with van der Waals surface area (Å²) in [7, 11) is 0. The number of hydrogen-bond donors (Lipinski definition) is 1. The van der Waals surface area contributed by atoms with Crippen molar-refractivity contribution >= 4 is 22.3 Å². The van der Waals surface area contributed by atoms with Crippen LogP contribution in [0.4, 0.5) is 10.9 Å². The first-order valence-electron chi connectivity index (χ1n) is 8.28. The molecule has 4 nitrogen and oxygen atoms in total. The quantitative estimate of drug-likeness (QED) is 0.492. The van der Waals surface area contributed by atoms with Crippen LogP contribution >= 0.6 is 11.3 Å². The highest BCUT2D eigenvalue weighted by atomic mass is 32.1. The number of thiazole rings is 1. The number of ether oxygens (including phenoxy) is 1. The van der Waals surface area contributed by atoms with Gasteiger partial charge in [0, 0.05) is 12.4 Å². The number of nitrogens with zero attached hydrogens (tertiary/aromatic N) is 2. The van der Waals surface area contributed by atoms with Crippen molar-refractivity contribution in [2.24, 2.45) is 0 Å². The van der Waals surface area contributed by atoms with Gasteiger partial charge in [0.05, 0.1) is 4.88 Å². The van der Waals surface area contributed by atoms with Crippen molar-refractivity contribution < 1.29 is 4.74 Å². The fraction of sp³-hybridized carbons (Fsp3) is 0.0476. The molecule has 0 atom stereocenters.